The van der Waals surface area contributed by atoms with Gasteiger partial charge < -0.3 is 15.1 Å². The van der Waals surface area contributed by atoms with Gasteiger partial charge in [0, 0.05) is 48.7 Å². The number of nitrogens with one attached hydrogen (secondary N) is 1. The number of para-hydroxylation sites is 1. The number of rotatable bonds is 4. The van der Waals surface area contributed by atoms with Gasteiger partial charge in [0.15, 0.2) is 0 Å². The van der Waals surface area contributed by atoms with Crippen LogP contribution in [0.1, 0.15) is 25.7 Å². The van der Waals surface area contributed by atoms with Gasteiger partial charge in [-0.3, -0.25) is 4.98 Å². The van der Waals surface area contributed by atoms with Gasteiger partial charge in [0.1, 0.15) is 5.82 Å². The molecule has 2 heterocycles. The van der Waals surface area contributed by atoms with E-state index in [4.69, 9.17) is 0 Å². The van der Waals surface area contributed by atoms with Crippen molar-refractivity contribution in [1.29, 1.82) is 0 Å². The van der Waals surface area contributed by atoms with Crippen molar-refractivity contribution in [2.24, 2.45) is 0 Å². The number of piperazine rings is 1. The maximum absolute atomic E-state index is 12.8. The van der Waals surface area contributed by atoms with Crippen LogP contribution in [0.15, 0.2) is 47.8 Å². The number of aromatic nitrogens is 2. The van der Waals surface area contributed by atoms with E-state index in [1.807, 2.05) is 34.9 Å². The summed E-state index contributed by atoms with van der Waals surface area (Å²) in [6.45, 7) is 2.90. The molecule has 1 saturated carbocycles. The highest BCUT2D eigenvalue weighted by molar-refractivity contribution is 8.00. The molecule has 1 aliphatic carbocycles. The molecule has 1 N–H and O–H groups in total. The van der Waals surface area contributed by atoms with Gasteiger partial charge in [-0.2, -0.15) is 0 Å². The predicted molar refractivity (Wildman–Crippen MR) is 109 cm³/mol. The van der Waals surface area contributed by atoms with Crippen LogP contribution in [-0.2, 0) is 0 Å². The second kappa shape index (κ2) is 8.61. The average Bonchev–Trinajstić information content (AvgIpc) is 3.23. The Balaban J connectivity index is 1.34. The van der Waals surface area contributed by atoms with E-state index in [2.05, 4.69) is 26.3 Å². The van der Waals surface area contributed by atoms with Crippen molar-refractivity contribution >= 4 is 29.3 Å². The van der Waals surface area contributed by atoms with Crippen LogP contribution >= 0.6 is 11.8 Å². The quantitative estimate of drug-likeness (QED) is 0.868. The molecule has 2 aliphatic rings. The van der Waals surface area contributed by atoms with E-state index in [0.717, 1.165) is 24.6 Å². The smallest absolute Gasteiger partial charge is 0.321 e. The number of carbonyl (C=O) groups excluding carboxylic acids is 1. The standard InChI is InChI=1S/C20H25N5OS/c26-20(25-13-11-24(12-14-25)19-15-21-9-10-22-19)23-17-7-3-4-8-18(17)27-16-5-1-2-6-16/h3-4,7-10,15-16H,1-2,5-6,11-14H2,(H,23,26). The van der Waals surface area contributed by atoms with E-state index < -0.39 is 0 Å². The third-order valence-corrected chi connectivity index (χ3v) is 6.58. The molecule has 2 aromatic rings. The third-order valence-electron chi connectivity index (χ3n) is 5.16. The van der Waals surface area contributed by atoms with Crippen molar-refractivity contribution in [3.8, 4) is 0 Å². The van der Waals surface area contributed by atoms with Gasteiger partial charge in [-0.15, -0.1) is 11.8 Å². The molecule has 0 atom stereocenters. The van der Waals surface area contributed by atoms with Gasteiger partial charge in [-0.25, -0.2) is 9.78 Å². The summed E-state index contributed by atoms with van der Waals surface area (Å²) < 4.78 is 0. The Kier molecular flexibility index (Phi) is 5.77. The van der Waals surface area contributed by atoms with Crippen LogP contribution in [0, 0.1) is 0 Å². The number of anilines is 2. The Bertz CT molecular complexity index is 758. The lowest BCUT2D eigenvalue weighted by atomic mass is 10.3. The monoisotopic (exact) mass is 383 g/mol. The summed E-state index contributed by atoms with van der Waals surface area (Å²) in [5.74, 6) is 0.871. The summed E-state index contributed by atoms with van der Waals surface area (Å²) in [5.41, 5.74) is 0.927. The highest BCUT2D eigenvalue weighted by Gasteiger charge is 2.23. The Morgan fingerprint density at radius 3 is 2.59 bits per heavy atom. The van der Waals surface area contributed by atoms with Gasteiger partial charge in [-0.05, 0) is 25.0 Å². The number of hydrogen-bond donors (Lipinski definition) is 1. The summed E-state index contributed by atoms with van der Waals surface area (Å²) >= 11 is 1.91. The minimum Gasteiger partial charge on any atom is -0.352 e. The van der Waals surface area contributed by atoms with Crippen molar-refractivity contribution < 1.29 is 4.79 Å². The normalized spacial score (nSPS) is 17.9. The lowest BCUT2D eigenvalue weighted by Crippen LogP contribution is -2.50. The Labute approximate surface area is 164 Å². The van der Waals surface area contributed by atoms with Crippen LogP contribution in [0.4, 0.5) is 16.3 Å². The second-order valence-corrected chi connectivity index (χ2v) is 8.33. The summed E-state index contributed by atoms with van der Waals surface area (Å²) in [7, 11) is 0. The molecule has 1 aromatic carbocycles. The molecule has 2 amide bonds. The van der Waals surface area contributed by atoms with Crippen LogP contribution in [-0.4, -0.2) is 52.3 Å². The van der Waals surface area contributed by atoms with Gasteiger partial charge >= 0.3 is 6.03 Å². The first-order chi connectivity index (χ1) is 13.3. The zero-order chi connectivity index (χ0) is 18.5. The zero-order valence-corrected chi connectivity index (χ0v) is 16.2. The number of urea groups is 1. The Morgan fingerprint density at radius 2 is 1.85 bits per heavy atom. The minimum absolute atomic E-state index is 0.0201. The van der Waals surface area contributed by atoms with E-state index in [-0.39, 0.29) is 6.03 Å². The lowest BCUT2D eigenvalue weighted by Gasteiger charge is -2.35. The Hall–Kier alpha value is -2.28. The van der Waals surface area contributed by atoms with Gasteiger partial charge in [0.25, 0.3) is 0 Å². The van der Waals surface area contributed by atoms with E-state index in [1.54, 1.807) is 18.6 Å². The SMILES string of the molecule is O=C(Nc1ccccc1SC1CCCC1)N1CCN(c2cnccn2)CC1. The summed E-state index contributed by atoms with van der Waals surface area (Å²) in [5, 5.41) is 3.81. The number of benzene rings is 1. The molecule has 1 saturated heterocycles. The van der Waals surface area contributed by atoms with Gasteiger partial charge in [0.2, 0.25) is 0 Å². The number of thioether (sulfide) groups is 1. The van der Waals surface area contributed by atoms with Crippen molar-refractivity contribution in [2.75, 3.05) is 36.4 Å². The predicted octanol–water partition coefficient (Wildman–Crippen LogP) is 3.87. The molecule has 27 heavy (non-hydrogen) atoms. The first-order valence-electron chi connectivity index (χ1n) is 9.62. The largest absolute Gasteiger partial charge is 0.352 e. The Morgan fingerprint density at radius 1 is 1.07 bits per heavy atom. The van der Waals surface area contributed by atoms with Gasteiger partial charge in [-0.1, -0.05) is 25.0 Å². The fourth-order valence-corrected chi connectivity index (χ4v) is 4.98. The number of nitrogens with zero attached hydrogens (tertiary/aromatic N) is 4. The van der Waals surface area contributed by atoms with Crippen molar-refractivity contribution in [3.63, 3.8) is 0 Å². The molecule has 6 nitrogen and oxygen atoms in total. The summed E-state index contributed by atoms with van der Waals surface area (Å²) in [6.07, 6.45) is 10.3. The molecule has 1 aliphatic heterocycles. The van der Waals surface area contributed by atoms with E-state index in [0.29, 0.717) is 18.3 Å². The van der Waals surface area contributed by atoms with Crippen LogP contribution in [0.25, 0.3) is 0 Å². The number of carbonyl (C=O) groups is 1. The van der Waals surface area contributed by atoms with E-state index in [9.17, 15) is 4.79 Å². The third kappa shape index (κ3) is 4.53. The summed E-state index contributed by atoms with van der Waals surface area (Å²) in [4.78, 5) is 26.4. The molecular weight excluding hydrogens is 358 g/mol. The average molecular weight is 384 g/mol. The highest BCUT2D eigenvalue weighted by atomic mass is 32.2. The molecule has 1 aromatic heterocycles. The molecule has 7 heteroatoms. The van der Waals surface area contributed by atoms with Crippen molar-refractivity contribution in [2.45, 2.75) is 35.8 Å². The topological polar surface area (TPSA) is 61.4 Å². The van der Waals surface area contributed by atoms with Crippen molar-refractivity contribution in [1.82, 2.24) is 14.9 Å². The molecule has 0 spiro atoms. The first kappa shape index (κ1) is 18.1. The molecule has 0 bridgehead atoms. The molecule has 4 rings (SSSR count). The van der Waals surface area contributed by atoms with E-state index in [1.165, 1.54) is 30.6 Å². The molecule has 2 fully saturated rings. The van der Waals surface area contributed by atoms with Crippen LogP contribution < -0.4 is 10.2 Å². The fourth-order valence-electron chi connectivity index (χ4n) is 3.65. The maximum Gasteiger partial charge on any atom is 0.321 e. The zero-order valence-electron chi connectivity index (χ0n) is 15.4. The van der Waals surface area contributed by atoms with Crippen LogP contribution in [0.5, 0.6) is 0 Å². The van der Waals surface area contributed by atoms with Crippen LogP contribution in [0.2, 0.25) is 0 Å². The number of hydrogen-bond acceptors (Lipinski definition) is 5. The molecule has 142 valence electrons. The minimum atomic E-state index is -0.0201. The van der Waals surface area contributed by atoms with Crippen LogP contribution in [0.3, 0.4) is 0 Å². The molecular formula is C20H25N5OS. The molecule has 0 unspecified atom stereocenters. The molecule has 0 radical (unpaired) electrons. The van der Waals surface area contributed by atoms with Crippen molar-refractivity contribution in [3.05, 3.63) is 42.9 Å². The first-order valence-corrected chi connectivity index (χ1v) is 10.5. The van der Waals surface area contributed by atoms with Gasteiger partial charge in [0.05, 0.1) is 11.9 Å². The number of amides is 2. The fraction of sp³-hybridized carbons (Fsp3) is 0.450. The van der Waals surface area contributed by atoms with E-state index >= 15 is 0 Å². The second-order valence-electron chi connectivity index (χ2n) is 6.99. The maximum atomic E-state index is 12.8. The highest BCUT2D eigenvalue weighted by Crippen LogP contribution is 2.38. The summed E-state index contributed by atoms with van der Waals surface area (Å²) in [6, 6.07) is 8.14. The lowest BCUT2D eigenvalue weighted by molar-refractivity contribution is 0.208.